The summed E-state index contributed by atoms with van der Waals surface area (Å²) in [6, 6.07) is 4.91. The van der Waals surface area contributed by atoms with Crippen molar-refractivity contribution in [1.82, 2.24) is 4.98 Å². The van der Waals surface area contributed by atoms with Crippen molar-refractivity contribution in [2.24, 2.45) is 0 Å². The van der Waals surface area contributed by atoms with E-state index in [1.807, 2.05) is 6.92 Å². The van der Waals surface area contributed by atoms with Gasteiger partial charge in [0, 0.05) is 11.5 Å². The van der Waals surface area contributed by atoms with Crippen molar-refractivity contribution >= 4 is 26.8 Å². The molecule has 0 aliphatic heterocycles. The third-order valence-electron chi connectivity index (χ3n) is 2.18. The maximum absolute atomic E-state index is 11.4. The molecule has 2 aromatic rings. The monoisotopic (exact) mass is 253 g/mol. The number of H-pyrrole nitrogens is 1. The number of pyridine rings is 1. The molecular formula is C10H8BrNO2. The van der Waals surface area contributed by atoms with Gasteiger partial charge in [-0.3, -0.25) is 4.79 Å². The van der Waals surface area contributed by atoms with Crippen LogP contribution in [0.1, 0.15) is 5.56 Å². The van der Waals surface area contributed by atoms with E-state index in [0.29, 0.717) is 9.99 Å². The molecule has 0 aliphatic carbocycles. The summed E-state index contributed by atoms with van der Waals surface area (Å²) in [6.07, 6.45) is 0. The van der Waals surface area contributed by atoms with E-state index >= 15 is 0 Å². The second-order valence-electron chi connectivity index (χ2n) is 3.12. The molecule has 4 heteroatoms. The van der Waals surface area contributed by atoms with Gasteiger partial charge in [0.2, 0.25) is 0 Å². The first-order chi connectivity index (χ1) is 6.59. The number of aryl methyl sites for hydroxylation is 1. The number of nitrogens with one attached hydrogen (secondary N) is 1. The van der Waals surface area contributed by atoms with Gasteiger partial charge in [0.05, 0.1) is 9.99 Å². The number of aromatic amines is 1. The summed E-state index contributed by atoms with van der Waals surface area (Å²) in [5, 5.41) is 10.2. The van der Waals surface area contributed by atoms with Crippen molar-refractivity contribution in [2.75, 3.05) is 0 Å². The van der Waals surface area contributed by atoms with Crippen LogP contribution in [0.25, 0.3) is 10.9 Å². The van der Waals surface area contributed by atoms with Gasteiger partial charge in [0.25, 0.3) is 5.56 Å². The Balaban J connectivity index is 2.98. The second-order valence-corrected chi connectivity index (χ2v) is 3.92. The molecule has 0 amide bonds. The van der Waals surface area contributed by atoms with Gasteiger partial charge in [-0.05, 0) is 40.5 Å². The number of phenolic OH excluding ortho intramolecular Hbond substituents is 1. The summed E-state index contributed by atoms with van der Waals surface area (Å²) >= 11 is 3.21. The molecule has 14 heavy (non-hydrogen) atoms. The minimum Gasteiger partial charge on any atom is -0.508 e. The first kappa shape index (κ1) is 9.27. The van der Waals surface area contributed by atoms with Crippen LogP contribution < -0.4 is 5.56 Å². The highest BCUT2D eigenvalue weighted by molar-refractivity contribution is 9.10. The number of benzene rings is 1. The van der Waals surface area contributed by atoms with Crippen LogP contribution in [-0.2, 0) is 0 Å². The molecule has 0 saturated carbocycles. The summed E-state index contributed by atoms with van der Waals surface area (Å²) in [5.74, 6) is 0.148. The van der Waals surface area contributed by atoms with E-state index in [4.69, 9.17) is 0 Å². The number of hydrogen-bond acceptors (Lipinski definition) is 2. The van der Waals surface area contributed by atoms with E-state index in [1.54, 1.807) is 12.1 Å². The zero-order valence-electron chi connectivity index (χ0n) is 7.47. The SMILES string of the molecule is Cc1c(Br)c(=O)[nH]c2cc(O)ccc12. The van der Waals surface area contributed by atoms with Crippen molar-refractivity contribution in [2.45, 2.75) is 6.92 Å². The molecule has 0 saturated heterocycles. The fourth-order valence-corrected chi connectivity index (χ4v) is 1.74. The Morgan fingerprint density at radius 1 is 1.43 bits per heavy atom. The number of fused-ring (bicyclic) bond motifs is 1. The molecule has 72 valence electrons. The molecule has 2 rings (SSSR count). The average molecular weight is 254 g/mol. The van der Waals surface area contributed by atoms with Gasteiger partial charge in [0.1, 0.15) is 5.75 Å². The lowest BCUT2D eigenvalue weighted by Crippen LogP contribution is -2.08. The number of aromatic hydroxyl groups is 1. The normalized spacial score (nSPS) is 10.7. The van der Waals surface area contributed by atoms with Gasteiger partial charge in [-0.15, -0.1) is 0 Å². The van der Waals surface area contributed by atoms with Crippen LogP contribution in [0, 0.1) is 6.92 Å². The topological polar surface area (TPSA) is 53.1 Å². The summed E-state index contributed by atoms with van der Waals surface area (Å²) in [4.78, 5) is 14.1. The molecule has 1 aromatic heterocycles. The molecule has 0 aliphatic rings. The zero-order chi connectivity index (χ0) is 10.3. The Morgan fingerprint density at radius 3 is 2.86 bits per heavy atom. The molecule has 1 aromatic carbocycles. The van der Waals surface area contributed by atoms with Gasteiger partial charge >= 0.3 is 0 Å². The molecule has 0 bridgehead atoms. The van der Waals surface area contributed by atoms with E-state index < -0.39 is 0 Å². The van der Waals surface area contributed by atoms with E-state index in [9.17, 15) is 9.90 Å². The van der Waals surface area contributed by atoms with Crippen molar-refractivity contribution < 1.29 is 5.11 Å². The number of hydrogen-bond donors (Lipinski definition) is 2. The minimum absolute atomic E-state index is 0.148. The Morgan fingerprint density at radius 2 is 2.14 bits per heavy atom. The molecule has 0 fully saturated rings. The Labute approximate surface area is 88.5 Å². The van der Waals surface area contributed by atoms with Crippen LogP contribution >= 0.6 is 15.9 Å². The van der Waals surface area contributed by atoms with Gasteiger partial charge in [-0.1, -0.05) is 0 Å². The smallest absolute Gasteiger partial charge is 0.263 e. The Kier molecular flexibility index (Phi) is 2.07. The highest BCUT2D eigenvalue weighted by Crippen LogP contribution is 2.23. The maximum atomic E-state index is 11.4. The molecule has 0 spiro atoms. The first-order valence-electron chi connectivity index (χ1n) is 4.10. The Hall–Kier alpha value is -1.29. The summed E-state index contributed by atoms with van der Waals surface area (Å²) in [7, 11) is 0. The molecule has 0 atom stereocenters. The molecule has 3 nitrogen and oxygen atoms in total. The lowest BCUT2D eigenvalue weighted by molar-refractivity contribution is 0.476. The highest BCUT2D eigenvalue weighted by Gasteiger charge is 2.06. The zero-order valence-corrected chi connectivity index (χ0v) is 9.05. The average Bonchev–Trinajstić information content (AvgIpc) is 2.14. The predicted molar refractivity (Wildman–Crippen MR) is 58.7 cm³/mol. The second kappa shape index (κ2) is 3.13. The first-order valence-corrected chi connectivity index (χ1v) is 4.90. The third kappa shape index (κ3) is 1.32. The Bertz CT molecular complexity index is 560. The van der Waals surface area contributed by atoms with Crippen LogP contribution in [0.15, 0.2) is 27.5 Å². The molecule has 1 heterocycles. The third-order valence-corrected chi connectivity index (χ3v) is 3.14. The summed E-state index contributed by atoms with van der Waals surface area (Å²) in [6.45, 7) is 1.86. The van der Waals surface area contributed by atoms with Crippen molar-refractivity contribution in [3.05, 3.63) is 38.6 Å². The fourth-order valence-electron chi connectivity index (χ4n) is 1.43. The predicted octanol–water partition coefficient (Wildman–Crippen LogP) is 2.30. The fraction of sp³-hybridized carbons (Fsp3) is 0.100. The molecular weight excluding hydrogens is 246 g/mol. The highest BCUT2D eigenvalue weighted by atomic mass is 79.9. The van der Waals surface area contributed by atoms with Crippen LogP contribution in [0.3, 0.4) is 0 Å². The van der Waals surface area contributed by atoms with E-state index in [2.05, 4.69) is 20.9 Å². The quantitative estimate of drug-likeness (QED) is 0.757. The molecule has 0 radical (unpaired) electrons. The van der Waals surface area contributed by atoms with Gasteiger partial charge in [-0.2, -0.15) is 0 Å². The summed E-state index contributed by atoms with van der Waals surface area (Å²) < 4.78 is 0.538. The molecule has 2 N–H and O–H groups in total. The minimum atomic E-state index is -0.180. The molecule has 0 unspecified atom stereocenters. The van der Waals surface area contributed by atoms with Gasteiger partial charge in [-0.25, -0.2) is 0 Å². The van der Waals surface area contributed by atoms with Gasteiger partial charge < -0.3 is 10.1 Å². The van der Waals surface area contributed by atoms with Gasteiger partial charge in [0.15, 0.2) is 0 Å². The lowest BCUT2D eigenvalue weighted by Gasteiger charge is -2.03. The van der Waals surface area contributed by atoms with Crippen molar-refractivity contribution in [3.8, 4) is 5.75 Å². The van der Waals surface area contributed by atoms with E-state index in [1.165, 1.54) is 6.07 Å². The van der Waals surface area contributed by atoms with Crippen LogP contribution in [0.5, 0.6) is 5.75 Å². The van der Waals surface area contributed by atoms with Crippen LogP contribution in [0.4, 0.5) is 0 Å². The van der Waals surface area contributed by atoms with Crippen LogP contribution in [-0.4, -0.2) is 10.1 Å². The number of halogens is 1. The van der Waals surface area contributed by atoms with Crippen molar-refractivity contribution in [1.29, 1.82) is 0 Å². The van der Waals surface area contributed by atoms with E-state index in [0.717, 1.165) is 10.9 Å². The summed E-state index contributed by atoms with van der Waals surface area (Å²) in [5.41, 5.74) is 1.35. The number of aromatic nitrogens is 1. The number of phenols is 1. The van der Waals surface area contributed by atoms with E-state index in [-0.39, 0.29) is 11.3 Å². The van der Waals surface area contributed by atoms with Crippen LogP contribution in [0.2, 0.25) is 0 Å². The maximum Gasteiger partial charge on any atom is 0.263 e. The largest absolute Gasteiger partial charge is 0.508 e. The standard InChI is InChI=1S/C10H8BrNO2/c1-5-7-3-2-6(13)4-8(7)12-10(14)9(5)11/h2-4,13H,1H3,(H,12,14). The number of rotatable bonds is 0. The van der Waals surface area contributed by atoms with Crippen molar-refractivity contribution in [3.63, 3.8) is 0 Å². The lowest BCUT2D eigenvalue weighted by atomic mass is 10.1.